The first-order chi connectivity index (χ1) is 17.7. The molecule has 1 aromatic heterocycles. The number of benzene rings is 3. The number of carbonyl (C=O) groups is 1. The van der Waals surface area contributed by atoms with Gasteiger partial charge in [0.15, 0.2) is 17.3 Å². The maximum Gasteiger partial charge on any atom is 0.287 e. The van der Waals surface area contributed by atoms with Gasteiger partial charge in [-0.3, -0.25) is 4.79 Å². The molecule has 6 rings (SSSR count). The zero-order chi connectivity index (χ0) is 24.4. The summed E-state index contributed by atoms with van der Waals surface area (Å²) in [6, 6.07) is 23.2. The maximum atomic E-state index is 13.5. The Kier molecular flexibility index (Phi) is 5.99. The third-order valence-corrected chi connectivity index (χ3v) is 7.05. The van der Waals surface area contributed by atoms with Crippen molar-refractivity contribution in [2.24, 2.45) is 0 Å². The zero-order valence-electron chi connectivity index (χ0n) is 19.8. The van der Waals surface area contributed by atoms with Crippen LogP contribution < -0.4 is 19.5 Å². The largest absolute Gasteiger partial charge is 0.489 e. The molecule has 3 aromatic carbocycles. The number of carbonyl (C=O) groups excluding carboxylic acids is 1. The molecule has 1 fully saturated rings. The van der Waals surface area contributed by atoms with E-state index >= 15 is 0 Å². The van der Waals surface area contributed by atoms with Gasteiger partial charge in [-0.1, -0.05) is 42.5 Å². The van der Waals surface area contributed by atoms with Gasteiger partial charge in [-0.15, -0.1) is 0 Å². The van der Waals surface area contributed by atoms with Gasteiger partial charge in [-0.25, -0.2) is 0 Å². The van der Waals surface area contributed by atoms with E-state index in [0.717, 1.165) is 46.6 Å². The van der Waals surface area contributed by atoms with Crippen LogP contribution in [0.15, 0.2) is 77.2 Å². The number of para-hydroxylation sites is 2. The quantitative estimate of drug-likeness (QED) is 0.387. The lowest BCUT2D eigenvalue weighted by Crippen LogP contribution is -2.44. The fraction of sp³-hybridized carbons (Fsp3) is 0.276. The molecule has 1 amide bonds. The van der Waals surface area contributed by atoms with Crippen LogP contribution in [0, 0.1) is 0 Å². The van der Waals surface area contributed by atoms with E-state index in [-0.39, 0.29) is 30.5 Å². The summed E-state index contributed by atoms with van der Waals surface area (Å²) in [5.41, 5.74) is 2.22. The van der Waals surface area contributed by atoms with Gasteiger partial charge in [-0.05, 0) is 48.7 Å². The molecule has 2 aliphatic heterocycles. The highest BCUT2D eigenvalue weighted by Gasteiger charge is 2.36. The van der Waals surface area contributed by atoms with Crippen LogP contribution in [0.3, 0.4) is 0 Å². The van der Waals surface area contributed by atoms with E-state index in [1.165, 1.54) is 0 Å². The summed E-state index contributed by atoms with van der Waals surface area (Å²) in [7, 11) is 0. The van der Waals surface area contributed by atoms with Gasteiger partial charge in [0.05, 0.1) is 0 Å². The van der Waals surface area contributed by atoms with Gasteiger partial charge >= 0.3 is 0 Å². The topological polar surface area (TPSA) is 79.2 Å². The SMILES string of the molecule is O=C(NCC1(c2ccc3c(c2)OCO3)CCOCC1)c1oc2ccccc2c1COc1ccccc1. The lowest BCUT2D eigenvalue weighted by Gasteiger charge is -2.38. The molecular weight excluding hydrogens is 458 g/mol. The number of hydrogen-bond acceptors (Lipinski definition) is 6. The Hall–Kier alpha value is -3.97. The van der Waals surface area contributed by atoms with Crippen molar-refractivity contribution in [3.05, 3.63) is 89.7 Å². The minimum absolute atomic E-state index is 0.227. The Morgan fingerprint density at radius 2 is 1.69 bits per heavy atom. The van der Waals surface area contributed by atoms with Crippen LogP contribution in [0.25, 0.3) is 11.0 Å². The van der Waals surface area contributed by atoms with Crippen LogP contribution in [0.5, 0.6) is 17.2 Å². The van der Waals surface area contributed by atoms with Crippen LogP contribution in [-0.4, -0.2) is 32.5 Å². The van der Waals surface area contributed by atoms with Crippen LogP contribution in [0.4, 0.5) is 0 Å². The van der Waals surface area contributed by atoms with Crippen LogP contribution >= 0.6 is 0 Å². The van der Waals surface area contributed by atoms with Gasteiger partial charge in [-0.2, -0.15) is 0 Å². The van der Waals surface area contributed by atoms with E-state index in [1.54, 1.807) is 0 Å². The Morgan fingerprint density at radius 1 is 0.917 bits per heavy atom. The number of rotatable bonds is 7. The van der Waals surface area contributed by atoms with Crippen molar-refractivity contribution < 1.29 is 28.2 Å². The van der Waals surface area contributed by atoms with Gasteiger partial charge in [0.1, 0.15) is 17.9 Å². The Labute approximate surface area is 208 Å². The van der Waals surface area contributed by atoms with E-state index < -0.39 is 0 Å². The minimum Gasteiger partial charge on any atom is -0.489 e. The molecule has 0 saturated carbocycles. The van der Waals surface area contributed by atoms with Gasteiger partial charge < -0.3 is 28.7 Å². The molecule has 0 spiro atoms. The Balaban J connectivity index is 1.26. The highest BCUT2D eigenvalue weighted by atomic mass is 16.7. The summed E-state index contributed by atoms with van der Waals surface area (Å²) in [6.07, 6.45) is 1.58. The molecule has 7 heteroatoms. The fourth-order valence-electron chi connectivity index (χ4n) is 4.98. The molecule has 3 heterocycles. The van der Waals surface area contributed by atoms with Crippen molar-refractivity contribution in [1.82, 2.24) is 5.32 Å². The van der Waals surface area contributed by atoms with Crippen molar-refractivity contribution in [3.8, 4) is 17.2 Å². The van der Waals surface area contributed by atoms with Gasteiger partial charge in [0.25, 0.3) is 5.91 Å². The molecule has 184 valence electrons. The molecule has 7 nitrogen and oxygen atoms in total. The van der Waals surface area contributed by atoms with Crippen molar-refractivity contribution in [2.75, 3.05) is 26.6 Å². The second-order valence-corrected chi connectivity index (χ2v) is 9.15. The maximum absolute atomic E-state index is 13.5. The van der Waals surface area contributed by atoms with E-state index in [0.29, 0.717) is 25.3 Å². The molecule has 36 heavy (non-hydrogen) atoms. The molecule has 4 aromatic rings. The fourth-order valence-corrected chi connectivity index (χ4v) is 4.98. The summed E-state index contributed by atoms with van der Waals surface area (Å²) in [6.45, 7) is 2.16. The molecular formula is C29H27NO6. The first-order valence-corrected chi connectivity index (χ1v) is 12.2. The first-order valence-electron chi connectivity index (χ1n) is 12.2. The normalized spacial score (nSPS) is 16.1. The molecule has 0 atom stereocenters. The van der Waals surface area contributed by atoms with Crippen LogP contribution in [0.1, 0.15) is 34.5 Å². The second kappa shape index (κ2) is 9.59. The van der Waals surface area contributed by atoms with E-state index in [1.807, 2.05) is 66.7 Å². The smallest absolute Gasteiger partial charge is 0.287 e. The number of nitrogens with one attached hydrogen (secondary N) is 1. The molecule has 2 aliphatic rings. The van der Waals surface area contributed by atoms with Crippen LogP contribution in [-0.2, 0) is 16.8 Å². The zero-order valence-corrected chi connectivity index (χ0v) is 19.8. The summed E-state index contributed by atoms with van der Waals surface area (Å²) in [5.74, 6) is 2.24. The van der Waals surface area contributed by atoms with E-state index in [4.69, 9.17) is 23.4 Å². The molecule has 0 radical (unpaired) electrons. The molecule has 0 bridgehead atoms. The molecule has 0 unspecified atom stereocenters. The van der Waals surface area contributed by atoms with Crippen molar-refractivity contribution in [3.63, 3.8) is 0 Å². The molecule has 0 aliphatic carbocycles. The number of amides is 1. The van der Waals surface area contributed by atoms with Crippen molar-refractivity contribution in [1.29, 1.82) is 0 Å². The summed E-state index contributed by atoms with van der Waals surface area (Å²) in [5, 5.41) is 4.03. The molecule has 1 saturated heterocycles. The lowest BCUT2D eigenvalue weighted by molar-refractivity contribution is 0.0484. The second-order valence-electron chi connectivity index (χ2n) is 9.15. The summed E-state index contributed by atoms with van der Waals surface area (Å²) in [4.78, 5) is 13.5. The summed E-state index contributed by atoms with van der Waals surface area (Å²) < 4.78 is 28.8. The average molecular weight is 486 g/mol. The minimum atomic E-state index is -0.276. The Bertz CT molecular complexity index is 1370. The Morgan fingerprint density at radius 3 is 2.56 bits per heavy atom. The van der Waals surface area contributed by atoms with Gasteiger partial charge in [0, 0.05) is 36.1 Å². The van der Waals surface area contributed by atoms with Crippen molar-refractivity contribution >= 4 is 16.9 Å². The molecule has 1 N–H and O–H groups in total. The van der Waals surface area contributed by atoms with Gasteiger partial charge in [0.2, 0.25) is 6.79 Å². The third-order valence-electron chi connectivity index (χ3n) is 7.05. The number of fused-ring (bicyclic) bond motifs is 2. The van der Waals surface area contributed by atoms with Crippen molar-refractivity contribution in [2.45, 2.75) is 24.9 Å². The standard InChI is InChI=1S/C29H27NO6/c31-28(27-23(17-33-21-6-2-1-3-7-21)22-8-4-5-9-24(22)36-27)30-18-29(12-14-32-15-13-29)20-10-11-25-26(16-20)35-19-34-25/h1-11,16H,12-15,17-19H2,(H,30,31). The number of hydrogen-bond donors (Lipinski definition) is 1. The lowest BCUT2D eigenvalue weighted by atomic mass is 9.74. The van der Waals surface area contributed by atoms with E-state index in [2.05, 4.69) is 11.4 Å². The highest BCUT2D eigenvalue weighted by Crippen LogP contribution is 2.40. The average Bonchev–Trinajstić information content (AvgIpc) is 3.56. The van der Waals surface area contributed by atoms with Crippen LogP contribution in [0.2, 0.25) is 0 Å². The predicted octanol–water partition coefficient (Wildman–Crippen LogP) is 5.22. The number of ether oxygens (including phenoxy) is 4. The monoisotopic (exact) mass is 485 g/mol. The first kappa shape index (κ1) is 22.5. The predicted molar refractivity (Wildman–Crippen MR) is 134 cm³/mol. The van der Waals surface area contributed by atoms with E-state index in [9.17, 15) is 4.79 Å². The summed E-state index contributed by atoms with van der Waals surface area (Å²) >= 11 is 0. The number of furan rings is 1. The third kappa shape index (κ3) is 4.27. The highest BCUT2D eigenvalue weighted by molar-refractivity contribution is 5.99.